The summed E-state index contributed by atoms with van der Waals surface area (Å²) < 4.78 is 0. The van der Waals surface area contributed by atoms with Crippen molar-refractivity contribution in [3.8, 4) is 0 Å². The van der Waals surface area contributed by atoms with E-state index in [-0.39, 0.29) is 16.4 Å². The number of carbonyl (C=O) groups is 1. The second-order valence-corrected chi connectivity index (χ2v) is 4.37. The molecule has 0 unspecified atom stereocenters. The topological polar surface area (TPSA) is 60.2 Å². The predicted octanol–water partition coefficient (Wildman–Crippen LogP) is 2.52. The van der Waals surface area contributed by atoms with Crippen LogP contribution in [0.15, 0.2) is 18.2 Å². The quantitative estimate of drug-likeness (QED) is 0.579. The summed E-state index contributed by atoms with van der Waals surface area (Å²) in [5.41, 5.74) is 0.740. The van der Waals surface area contributed by atoms with Crippen LogP contribution in [0.2, 0.25) is 0 Å². The van der Waals surface area contributed by atoms with E-state index in [2.05, 4.69) is 0 Å². The molecule has 0 spiro atoms. The third-order valence-corrected chi connectivity index (χ3v) is 3.36. The Bertz CT molecular complexity index is 475. The Kier molecular flexibility index (Phi) is 2.30. The van der Waals surface area contributed by atoms with Crippen LogP contribution in [0.25, 0.3) is 0 Å². The molecule has 2 rings (SSSR count). The molecule has 0 radical (unpaired) electrons. The second-order valence-electron chi connectivity index (χ2n) is 4.37. The summed E-state index contributed by atoms with van der Waals surface area (Å²) in [6.07, 6.45) is 1.46. The van der Waals surface area contributed by atoms with Gasteiger partial charge in [0, 0.05) is 11.1 Å². The Morgan fingerprint density at radius 2 is 2.06 bits per heavy atom. The molecular formula is C12H13NO3. The van der Waals surface area contributed by atoms with Crippen LogP contribution < -0.4 is 0 Å². The number of carbonyl (C=O) groups excluding carboxylic acids is 1. The average Bonchev–Trinajstić information content (AvgIpc) is 2.97. The lowest BCUT2D eigenvalue weighted by Crippen LogP contribution is -2.19. The molecule has 0 aliphatic heterocycles. The molecule has 0 atom stereocenters. The molecule has 1 aliphatic rings. The smallest absolute Gasteiger partial charge is 0.276 e. The molecule has 4 nitrogen and oxygen atoms in total. The van der Waals surface area contributed by atoms with Crippen molar-refractivity contribution >= 4 is 11.5 Å². The van der Waals surface area contributed by atoms with Crippen LogP contribution in [0.4, 0.5) is 5.69 Å². The summed E-state index contributed by atoms with van der Waals surface area (Å²) in [5.74, 6) is 0.0289. The molecule has 1 fully saturated rings. The molecule has 0 heterocycles. The number of nitro groups is 1. The average molecular weight is 219 g/mol. The molecule has 1 aliphatic carbocycles. The van der Waals surface area contributed by atoms with E-state index in [0.29, 0.717) is 11.1 Å². The van der Waals surface area contributed by atoms with Crippen LogP contribution in [0.1, 0.15) is 30.9 Å². The number of para-hydroxylation sites is 1. The van der Waals surface area contributed by atoms with Gasteiger partial charge in [-0.05, 0) is 26.7 Å². The number of hydrogen-bond donors (Lipinski definition) is 0. The minimum atomic E-state index is -0.575. The monoisotopic (exact) mass is 219 g/mol. The SMILES string of the molecule is CC(=O)C1(c2cccc(C)c2[N+](=O)[O-])CC1. The van der Waals surface area contributed by atoms with E-state index < -0.39 is 5.41 Å². The molecule has 0 bridgehead atoms. The summed E-state index contributed by atoms with van der Waals surface area (Å²) in [7, 11) is 0. The molecule has 1 aromatic carbocycles. The number of nitro benzene ring substituents is 1. The van der Waals surface area contributed by atoms with Gasteiger partial charge in [0.15, 0.2) is 0 Å². The summed E-state index contributed by atoms with van der Waals surface area (Å²) >= 11 is 0. The minimum Gasteiger partial charge on any atom is -0.299 e. The third-order valence-electron chi connectivity index (χ3n) is 3.36. The number of ketones is 1. The third kappa shape index (κ3) is 1.41. The van der Waals surface area contributed by atoms with Crippen LogP contribution in [-0.2, 0) is 10.2 Å². The van der Waals surface area contributed by atoms with Crippen LogP contribution in [0.3, 0.4) is 0 Å². The highest BCUT2D eigenvalue weighted by molar-refractivity contribution is 5.92. The fourth-order valence-electron chi connectivity index (χ4n) is 2.22. The van der Waals surface area contributed by atoms with E-state index in [1.54, 1.807) is 25.1 Å². The van der Waals surface area contributed by atoms with Crippen LogP contribution in [-0.4, -0.2) is 10.7 Å². The number of hydrogen-bond acceptors (Lipinski definition) is 3. The Morgan fingerprint density at radius 3 is 2.50 bits per heavy atom. The first-order valence-corrected chi connectivity index (χ1v) is 5.24. The number of aryl methyl sites for hydroxylation is 1. The number of nitrogens with zero attached hydrogens (tertiary/aromatic N) is 1. The van der Waals surface area contributed by atoms with Crippen molar-refractivity contribution in [2.45, 2.75) is 32.1 Å². The van der Waals surface area contributed by atoms with Gasteiger partial charge in [-0.1, -0.05) is 18.2 Å². The van der Waals surface area contributed by atoms with Crippen molar-refractivity contribution < 1.29 is 9.72 Å². The molecule has 0 N–H and O–H groups in total. The standard InChI is InChI=1S/C12H13NO3/c1-8-4-3-5-10(11(8)13(15)16)12(6-7-12)9(2)14/h3-5H,6-7H2,1-2H3. The van der Waals surface area contributed by atoms with E-state index >= 15 is 0 Å². The number of benzene rings is 1. The van der Waals surface area contributed by atoms with Gasteiger partial charge in [0.25, 0.3) is 5.69 Å². The second kappa shape index (κ2) is 3.40. The molecule has 1 aromatic rings. The van der Waals surface area contributed by atoms with Crippen LogP contribution >= 0.6 is 0 Å². The first kappa shape index (κ1) is 10.8. The highest BCUT2D eigenvalue weighted by Gasteiger charge is 2.52. The zero-order valence-corrected chi connectivity index (χ0v) is 9.32. The lowest BCUT2D eigenvalue weighted by Gasteiger charge is -2.13. The zero-order chi connectivity index (χ0) is 11.9. The normalized spacial score (nSPS) is 16.9. The lowest BCUT2D eigenvalue weighted by molar-refractivity contribution is -0.386. The maximum Gasteiger partial charge on any atom is 0.276 e. The highest BCUT2D eigenvalue weighted by atomic mass is 16.6. The molecule has 0 amide bonds. The highest BCUT2D eigenvalue weighted by Crippen LogP contribution is 2.52. The first-order chi connectivity index (χ1) is 7.49. The first-order valence-electron chi connectivity index (χ1n) is 5.24. The summed E-state index contributed by atoms with van der Waals surface area (Å²) in [6, 6.07) is 5.19. The fourth-order valence-corrected chi connectivity index (χ4v) is 2.22. The van der Waals surface area contributed by atoms with E-state index in [4.69, 9.17) is 0 Å². The molecule has 16 heavy (non-hydrogen) atoms. The van der Waals surface area contributed by atoms with Crippen molar-refractivity contribution in [3.63, 3.8) is 0 Å². The largest absolute Gasteiger partial charge is 0.299 e. The van der Waals surface area contributed by atoms with Crippen molar-refractivity contribution in [2.24, 2.45) is 0 Å². The van der Waals surface area contributed by atoms with E-state index in [1.165, 1.54) is 6.92 Å². The van der Waals surface area contributed by atoms with E-state index in [9.17, 15) is 14.9 Å². The molecule has 0 aromatic heterocycles. The van der Waals surface area contributed by atoms with Crippen molar-refractivity contribution in [1.82, 2.24) is 0 Å². The molecule has 0 saturated heterocycles. The van der Waals surface area contributed by atoms with Crippen LogP contribution in [0.5, 0.6) is 0 Å². The van der Waals surface area contributed by atoms with E-state index in [0.717, 1.165) is 12.8 Å². The maximum absolute atomic E-state index is 11.6. The van der Waals surface area contributed by atoms with Gasteiger partial charge in [0.1, 0.15) is 5.78 Å². The summed E-state index contributed by atoms with van der Waals surface area (Å²) in [6.45, 7) is 3.22. The van der Waals surface area contributed by atoms with Crippen molar-refractivity contribution in [3.05, 3.63) is 39.4 Å². The van der Waals surface area contributed by atoms with Gasteiger partial charge >= 0.3 is 0 Å². The zero-order valence-electron chi connectivity index (χ0n) is 9.32. The molecule has 84 valence electrons. The molecule has 4 heteroatoms. The van der Waals surface area contributed by atoms with Gasteiger partial charge in [0.2, 0.25) is 0 Å². The lowest BCUT2D eigenvalue weighted by atomic mass is 9.89. The summed E-state index contributed by atoms with van der Waals surface area (Å²) in [4.78, 5) is 22.2. The Labute approximate surface area is 93.4 Å². The number of rotatable bonds is 3. The predicted molar refractivity (Wildman–Crippen MR) is 59.4 cm³/mol. The Morgan fingerprint density at radius 1 is 1.44 bits per heavy atom. The van der Waals surface area contributed by atoms with Crippen LogP contribution in [0, 0.1) is 17.0 Å². The van der Waals surface area contributed by atoms with Crippen molar-refractivity contribution in [2.75, 3.05) is 0 Å². The summed E-state index contributed by atoms with van der Waals surface area (Å²) in [5, 5.41) is 11.0. The fraction of sp³-hybridized carbons (Fsp3) is 0.417. The van der Waals surface area contributed by atoms with Crippen molar-refractivity contribution in [1.29, 1.82) is 0 Å². The minimum absolute atomic E-state index is 0.0289. The molecule has 1 saturated carbocycles. The van der Waals surface area contributed by atoms with Gasteiger partial charge in [-0.3, -0.25) is 14.9 Å². The maximum atomic E-state index is 11.6. The van der Waals surface area contributed by atoms with Gasteiger partial charge in [-0.15, -0.1) is 0 Å². The Balaban J connectivity index is 2.62. The van der Waals surface area contributed by atoms with Gasteiger partial charge < -0.3 is 0 Å². The van der Waals surface area contributed by atoms with E-state index in [1.807, 2.05) is 0 Å². The van der Waals surface area contributed by atoms with Gasteiger partial charge in [-0.25, -0.2) is 0 Å². The molecular weight excluding hydrogens is 206 g/mol. The van der Waals surface area contributed by atoms with Gasteiger partial charge in [0.05, 0.1) is 10.3 Å². The van der Waals surface area contributed by atoms with Gasteiger partial charge in [-0.2, -0.15) is 0 Å². The Hall–Kier alpha value is -1.71. The number of Topliss-reactive ketones (excluding diaryl/α,β-unsaturated/α-hetero) is 1.